The van der Waals surface area contributed by atoms with Crippen LogP contribution in [0, 0.1) is 11.7 Å². The average molecular weight is 281 g/mol. The molecule has 1 aromatic rings. The van der Waals surface area contributed by atoms with E-state index in [1.807, 2.05) is 6.92 Å². The standard InChI is InChI=1S/C16H24FNO2/c1-11(16-13(17)7-5-9-15(16)20-2)18-14-8-4-3-6-12(14)10-19/h5,7,9,11-12,14,18-19H,3-4,6,8,10H2,1-2H3. The molecule has 2 N–H and O–H groups in total. The van der Waals surface area contributed by atoms with Crippen LogP contribution in [0.15, 0.2) is 18.2 Å². The Morgan fingerprint density at radius 2 is 2.15 bits per heavy atom. The van der Waals surface area contributed by atoms with Crippen LogP contribution in [0.2, 0.25) is 0 Å². The summed E-state index contributed by atoms with van der Waals surface area (Å²) in [6, 6.07) is 5.00. The van der Waals surface area contributed by atoms with E-state index in [-0.39, 0.29) is 30.4 Å². The van der Waals surface area contributed by atoms with Gasteiger partial charge in [0, 0.05) is 24.3 Å². The summed E-state index contributed by atoms with van der Waals surface area (Å²) in [5.41, 5.74) is 0.567. The summed E-state index contributed by atoms with van der Waals surface area (Å²) in [6.07, 6.45) is 4.40. The third-order valence-corrected chi connectivity index (χ3v) is 4.27. The van der Waals surface area contributed by atoms with Gasteiger partial charge in [0.25, 0.3) is 0 Å². The summed E-state index contributed by atoms with van der Waals surface area (Å²) in [4.78, 5) is 0. The first kappa shape index (κ1) is 15.3. The number of aliphatic hydroxyl groups is 1. The van der Waals surface area contributed by atoms with Crippen molar-refractivity contribution in [1.29, 1.82) is 0 Å². The predicted octanol–water partition coefficient (Wildman–Crippen LogP) is 3.04. The van der Waals surface area contributed by atoms with Gasteiger partial charge in [0.1, 0.15) is 11.6 Å². The van der Waals surface area contributed by atoms with E-state index in [4.69, 9.17) is 4.74 Å². The third kappa shape index (κ3) is 3.30. The molecule has 1 aromatic carbocycles. The minimum atomic E-state index is -0.249. The van der Waals surface area contributed by atoms with Crippen molar-refractivity contribution in [3.8, 4) is 5.75 Å². The molecule has 3 nitrogen and oxygen atoms in total. The first-order valence-electron chi connectivity index (χ1n) is 7.36. The van der Waals surface area contributed by atoms with Crippen LogP contribution in [0.4, 0.5) is 4.39 Å². The SMILES string of the molecule is COc1cccc(F)c1C(C)NC1CCCCC1CO. The van der Waals surface area contributed by atoms with Gasteiger partial charge in [-0.2, -0.15) is 0 Å². The number of aliphatic hydroxyl groups excluding tert-OH is 1. The fraction of sp³-hybridized carbons (Fsp3) is 0.625. The number of hydrogen-bond acceptors (Lipinski definition) is 3. The molecule has 112 valence electrons. The van der Waals surface area contributed by atoms with Gasteiger partial charge in [0.15, 0.2) is 0 Å². The van der Waals surface area contributed by atoms with Gasteiger partial charge >= 0.3 is 0 Å². The van der Waals surface area contributed by atoms with E-state index in [2.05, 4.69) is 5.32 Å². The zero-order valence-corrected chi connectivity index (χ0v) is 12.2. The molecular formula is C16H24FNO2. The Bertz CT molecular complexity index is 438. The normalized spacial score (nSPS) is 24.4. The van der Waals surface area contributed by atoms with Gasteiger partial charge in [0.05, 0.1) is 7.11 Å². The Morgan fingerprint density at radius 3 is 2.85 bits per heavy atom. The predicted molar refractivity (Wildman–Crippen MR) is 77.3 cm³/mol. The van der Waals surface area contributed by atoms with E-state index in [1.54, 1.807) is 19.2 Å². The first-order chi connectivity index (χ1) is 9.67. The molecular weight excluding hydrogens is 257 g/mol. The number of benzene rings is 1. The van der Waals surface area contributed by atoms with E-state index in [9.17, 15) is 9.50 Å². The van der Waals surface area contributed by atoms with E-state index >= 15 is 0 Å². The molecule has 0 heterocycles. The van der Waals surface area contributed by atoms with Crippen molar-refractivity contribution in [2.75, 3.05) is 13.7 Å². The first-order valence-corrected chi connectivity index (χ1v) is 7.36. The number of halogens is 1. The Kier molecular flexibility index (Phi) is 5.38. The second-order valence-corrected chi connectivity index (χ2v) is 5.58. The van der Waals surface area contributed by atoms with Crippen LogP contribution in [-0.2, 0) is 0 Å². The van der Waals surface area contributed by atoms with Crippen molar-refractivity contribution in [2.24, 2.45) is 5.92 Å². The van der Waals surface area contributed by atoms with Crippen LogP contribution in [0.3, 0.4) is 0 Å². The lowest BCUT2D eigenvalue weighted by molar-refractivity contribution is 0.146. The molecule has 1 aliphatic rings. The fourth-order valence-corrected chi connectivity index (χ4v) is 3.17. The van der Waals surface area contributed by atoms with Gasteiger partial charge in [-0.05, 0) is 37.8 Å². The zero-order chi connectivity index (χ0) is 14.5. The highest BCUT2D eigenvalue weighted by Crippen LogP contribution is 2.31. The molecule has 0 bridgehead atoms. The van der Waals surface area contributed by atoms with Crippen LogP contribution < -0.4 is 10.1 Å². The summed E-state index contributed by atoms with van der Waals surface area (Å²) < 4.78 is 19.3. The Balaban J connectivity index is 2.13. The zero-order valence-electron chi connectivity index (χ0n) is 12.2. The molecule has 3 unspecified atom stereocenters. The second-order valence-electron chi connectivity index (χ2n) is 5.58. The molecule has 1 saturated carbocycles. The van der Waals surface area contributed by atoms with Gasteiger partial charge in [-0.3, -0.25) is 0 Å². The minimum Gasteiger partial charge on any atom is -0.496 e. The summed E-state index contributed by atoms with van der Waals surface area (Å²) in [6.45, 7) is 2.14. The van der Waals surface area contributed by atoms with E-state index in [0.717, 1.165) is 19.3 Å². The molecule has 2 rings (SSSR count). The van der Waals surface area contributed by atoms with Crippen LogP contribution >= 0.6 is 0 Å². The fourth-order valence-electron chi connectivity index (χ4n) is 3.17. The van der Waals surface area contributed by atoms with Crippen LogP contribution in [-0.4, -0.2) is 24.9 Å². The number of methoxy groups -OCH3 is 1. The maximum absolute atomic E-state index is 14.1. The second kappa shape index (κ2) is 7.04. The summed E-state index contributed by atoms with van der Waals surface area (Å²) in [5, 5.41) is 12.9. The number of ether oxygens (including phenoxy) is 1. The Morgan fingerprint density at radius 1 is 1.40 bits per heavy atom. The molecule has 3 atom stereocenters. The van der Waals surface area contributed by atoms with Crippen LogP contribution in [0.25, 0.3) is 0 Å². The molecule has 20 heavy (non-hydrogen) atoms. The molecule has 0 saturated heterocycles. The smallest absolute Gasteiger partial charge is 0.131 e. The molecule has 0 aliphatic heterocycles. The van der Waals surface area contributed by atoms with Crippen LogP contribution in [0.1, 0.15) is 44.2 Å². The summed E-state index contributed by atoms with van der Waals surface area (Å²) in [5.74, 6) is 0.589. The van der Waals surface area contributed by atoms with E-state index in [1.165, 1.54) is 12.5 Å². The summed E-state index contributed by atoms with van der Waals surface area (Å²) >= 11 is 0. The number of rotatable bonds is 5. The van der Waals surface area contributed by atoms with Gasteiger partial charge < -0.3 is 15.2 Å². The topological polar surface area (TPSA) is 41.5 Å². The number of hydrogen-bond donors (Lipinski definition) is 2. The molecule has 0 amide bonds. The quantitative estimate of drug-likeness (QED) is 0.871. The molecule has 1 fully saturated rings. The lowest BCUT2D eigenvalue weighted by atomic mass is 9.84. The van der Waals surface area contributed by atoms with Crippen LogP contribution in [0.5, 0.6) is 5.75 Å². The molecule has 1 aliphatic carbocycles. The van der Waals surface area contributed by atoms with Crippen molar-refractivity contribution >= 4 is 0 Å². The average Bonchev–Trinajstić information content (AvgIpc) is 2.47. The van der Waals surface area contributed by atoms with Crippen molar-refractivity contribution in [1.82, 2.24) is 5.32 Å². The highest BCUT2D eigenvalue weighted by atomic mass is 19.1. The Hall–Kier alpha value is -1.13. The van der Waals surface area contributed by atoms with Crippen molar-refractivity contribution in [3.63, 3.8) is 0 Å². The number of nitrogens with one attached hydrogen (secondary N) is 1. The minimum absolute atomic E-state index is 0.136. The Labute approximate surface area is 120 Å². The maximum atomic E-state index is 14.1. The van der Waals surface area contributed by atoms with Gasteiger partial charge in [-0.25, -0.2) is 4.39 Å². The highest BCUT2D eigenvalue weighted by molar-refractivity contribution is 5.37. The lowest BCUT2D eigenvalue weighted by Crippen LogP contribution is -2.41. The lowest BCUT2D eigenvalue weighted by Gasteiger charge is -2.33. The van der Waals surface area contributed by atoms with Crippen molar-refractivity contribution in [2.45, 2.75) is 44.7 Å². The van der Waals surface area contributed by atoms with E-state index < -0.39 is 0 Å². The van der Waals surface area contributed by atoms with E-state index in [0.29, 0.717) is 11.3 Å². The van der Waals surface area contributed by atoms with Crippen molar-refractivity contribution < 1.29 is 14.2 Å². The van der Waals surface area contributed by atoms with Crippen molar-refractivity contribution in [3.05, 3.63) is 29.6 Å². The van der Waals surface area contributed by atoms with Gasteiger partial charge in [-0.1, -0.05) is 18.9 Å². The van der Waals surface area contributed by atoms with Gasteiger partial charge in [0.2, 0.25) is 0 Å². The monoisotopic (exact) mass is 281 g/mol. The van der Waals surface area contributed by atoms with Gasteiger partial charge in [-0.15, -0.1) is 0 Å². The molecule has 0 aromatic heterocycles. The molecule has 0 radical (unpaired) electrons. The maximum Gasteiger partial charge on any atom is 0.131 e. The summed E-state index contributed by atoms with van der Waals surface area (Å²) in [7, 11) is 1.56. The molecule has 4 heteroatoms. The highest BCUT2D eigenvalue weighted by Gasteiger charge is 2.27. The largest absolute Gasteiger partial charge is 0.496 e. The third-order valence-electron chi connectivity index (χ3n) is 4.27. The molecule has 0 spiro atoms.